The summed E-state index contributed by atoms with van der Waals surface area (Å²) in [6.07, 6.45) is 0. The van der Waals surface area contributed by atoms with Crippen LogP contribution >= 0.6 is 11.8 Å². The lowest BCUT2D eigenvalue weighted by Gasteiger charge is -2.19. The summed E-state index contributed by atoms with van der Waals surface area (Å²) < 4.78 is 28.9. The highest BCUT2D eigenvalue weighted by Gasteiger charge is 2.23. The summed E-state index contributed by atoms with van der Waals surface area (Å²) in [5.74, 6) is -0.399. The van der Waals surface area contributed by atoms with Crippen molar-refractivity contribution < 1.29 is 13.0 Å². The lowest BCUT2D eigenvalue weighted by Crippen LogP contribution is -2.39. The van der Waals surface area contributed by atoms with Gasteiger partial charge >= 0.3 is 0 Å². The number of halogens is 1. The first-order chi connectivity index (χ1) is 4.27. The molecule has 0 aliphatic heterocycles. The minimum atomic E-state index is -3.94. The Morgan fingerprint density at radius 1 is 1.60 bits per heavy atom. The van der Waals surface area contributed by atoms with Crippen LogP contribution in [0.1, 0.15) is 13.8 Å². The molecule has 10 heavy (non-hydrogen) atoms. The molecule has 0 aromatic carbocycles. The molecule has 0 heterocycles. The molecular formula is C4H10ClNO3S. The summed E-state index contributed by atoms with van der Waals surface area (Å²) in [5.41, 5.74) is -0.796. The van der Waals surface area contributed by atoms with E-state index >= 15 is 0 Å². The van der Waals surface area contributed by atoms with E-state index in [2.05, 4.69) is 4.84 Å². The van der Waals surface area contributed by atoms with E-state index in [-0.39, 0.29) is 0 Å². The Morgan fingerprint density at radius 3 is 2.10 bits per heavy atom. The maximum atomic E-state index is 10.3. The monoisotopic (exact) mass is 187 g/mol. The highest BCUT2D eigenvalue weighted by Crippen LogP contribution is 2.05. The molecule has 0 aromatic heterocycles. The minimum Gasteiger partial charge on any atom is -0.285 e. The molecular weight excluding hydrogens is 178 g/mol. The van der Waals surface area contributed by atoms with Crippen molar-refractivity contribution >= 4 is 21.9 Å². The lowest BCUT2D eigenvalue weighted by molar-refractivity contribution is 0.449. The molecule has 6 heteroatoms. The smallest absolute Gasteiger partial charge is 0.266 e. The van der Waals surface area contributed by atoms with E-state index in [1.807, 2.05) is 0 Å². The van der Waals surface area contributed by atoms with Gasteiger partial charge in [0.2, 0.25) is 0 Å². The van der Waals surface area contributed by atoms with Crippen molar-refractivity contribution in [1.82, 2.24) is 4.84 Å². The van der Waals surface area contributed by atoms with Crippen molar-refractivity contribution in [3.05, 3.63) is 0 Å². The molecule has 0 unspecified atom stereocenters. The van der Waals surface area contributed by atoms with Gasteiger partial charge < -0.3 is 0 Å². The average Bonchev–Trinajstić information content (AvgIpc) is 1.60. The third kappa shape index (κ3) is 4.99. The fraction of sp³-hybridized carbons (Fsp3) is 1.00. The lowest BCUT2D eigenvalue weighted by atomic mass is 10.1. The zero-order valence-electron chi connectivity index (χ0n) is 5.76. The third-order valence-corrected chi connectivity index (χ3v) is 2.40. The fourth-order valence-corrected chi connectivity index (χ4v) is 1.61. The van der Waals surface area contributed by atoms with Gasteiger partial charge in [-0.1, -0.05) is 0 Å². The van der Waals surface area contributed by atoms with Crippen LogP contribution in [0.4, 0.5) is 0 Å². The summed E-state index contributed by atoms with van der Waals surface area (Å²) in [6, 6.07) is 0. The summed E-state index contributed by atoms with van der Waals surface area (Å²) in [4.78, 5) is 2.23. The molecule has 0 aliphatic rings. The Bertz CT molecular complexity index is 199. The van der Waals surface area contributed by atoms with Gasteiger partial charge in [0.05, 0.1) is 5.75 Å². The van der Waals surface area contributed by atoms with E-state index in [0.29, 0.717) is 0 Å². The van der Waals surface area contributed by atoms with Crippen LogP contribution in [0.2, 0.25) is 0 Å². The highest BCUT2D eigenvalue weighted by atomic mass is 35.5. The normalized spacial score (nSPS) is 13.6. The first-order valence-corrected chi connectivity index (χ1v) is 4.58. The average molecular weight is 188 g/mol. The van der Waals surface area contributed by atoms with Crippen LogP contribution in [0.15, 0.2) is 0 Å². The van der Waals surface area contributed by atoms with Crippen LogP contribution in [0.25, 0.3) is 0 Å². The predicted molar refractivity (Wildman–Crippen MR) is 39.5 cm³/mol. The summed E-state index contributed by atoms with van der Waals surface area (Å²) in [7, 11) is -3.94. The largest absolute Gasteiger partial charge is 0.285 e. The Kier molecular flexibility index (Phi) is 3.09. The van der Waals surface area contributed by atoms with Gasteiger partial charge in [0.1, 0.15) is 0 Å². The van der Waals surface area contributed by atoms with E-state index in [1.54, 1.807) is 13.8 Å². The second-order valence-corrected chi connectivity index (χ2v) is 4.35. The maximum Gasteiger partial charge on any atom is 0.266 e. The molecule has 2 N–H and O–H groups in total. The first-order valence-electron chi connectivity index (χ1n) is 2.60. The molecule has 0 atom stereocenters. The van der Waals surface area contributed by atoms with Crippen LogP contribution in [0.5, 0.6) is 0 Å². The fourth-order valence-electron chi connectivity index (χ4n) is 0.483. The molecule has 0 amide bonds. The summed E-state index contributed by atoms with van der Waals surface area (Å²) in [5, 5.41) is 0. The molecule has 0 saturated carbocycles. The van der Waals surface area contributed by atoms with Crippen LogP contribution in [-0.2, 0) is 10.1 Å². The van der Waals surface area contributed by atoms with Crippen molar-refractivity contribution in [2.45, 2.75) is 19.4 Å². The molecule has 0 aromatic rings. The molecule has 0 aliphatic carbocycles. The number of hydrogen-bond donors (Lipinski definition) is 2. The van der Waals surface area contributed by atoms with Crippen molar-refractivity contribution in [2.75, 3.05) is 5.75 Å². The zero-order chi connectivity index (χ0) is 8.41. The van der Waals surface area contributed by atoms with Crippen LogP contribution in [-0.4, -0.2) is 24.3 Å². The van der Waals surface area contributed by atoms with Gasteiger partial charge in [-0.05, 0) is 25.6 Å². The summed E-state index contributed by atoms with van der Waals surface area (Å²) >= 11 is 5.17. The van der Waals surface area contributed by atoms with E-state index in [1.165, 1.54) is 0 Å². The van der Waals surface area contributed by atoms with Crippen molar-refractivity contribution in [1.29, 1.82) is 0 Å². The summed E-state index contributed by atoms with van der Waals surface area (Å²) in [6.45, 7) is 3.13. The highest BCUT2D eigenvalue weighted by molar-refractivity contribution is 7.85. The number of nitrogens with one attached hydrogen (secondary N) is 1. The zero-order valence-corrected chi connectivity index (χ0v) is 7.33. The molecule has 0 bridgehead atoms. The van der Waals surface area contributed by atoms with Gasteiger partial charge in [0.15, 0.2) is 0 Å². The van der Waals surface area contributed by atoms with Crippen LogP contribution in [0.3, 0.4) is 0 Å². The topological polar surface area (TPSA) is 66.4 Å². The quantitative estimate of drug-likeness (QED) is 0.496. The Balaban J connectivity index is 4.16. The van der Waals surface area contributed by atoms with E-state index < -0.39 is 21.4 Å². The van der Waals surface area contributed by atoms with Gasteiger partial charge in [-0.15, -0.1) is 0 Å². The molecule has 0 fully saturated rings. The second kappa shape index (κ2) is 3.04. The number of rotatable bonds is 3. The molecule has 0 radical (unpaired) electrons. The van der Waals surface area contributed by atoms with E-state index in [9.17, 15) is 8.42 Å². The first kappa shape index (κ1) is 10.2. The van der Waals surface area contributed by atoms with Crippen LogP contribution < -0.4 is 4.84 Å². The van der Waals surface area contributed by atoms with Crippen molar-refractivity contribution in [2.24, 2.45) is 0 Å². The van der Waals surface area contributed by atoms with Gasteiger partial charge in [-0.25, -0.2) is 4.84 Å². The van der Waals surface area contributed by atoms with Gasteiger partial charge in [-0.3, -0.25) is 4.55 Å². The Labute approximate surface area is 65.4 Å². The van der Waals surface area contributed by atoms with Gasteiger partial charge in [0, 0.05) is 5.54 Å². The Hall–Kier alpha value is 0.160. The van der Waals surface area contributed by atoms with Gasteiger partial charge in [0.25, 0.3) is 10.1 Å². The van der Waals surface area contributed by atoms with Crippen molar-refractivity contribution in [3.63, 3.8) is 0 Å². The maximum absolute atomic E-state index is 10.3. The SMILES string of the molecule is CC(C)(CS(=O)(=O)O)NCl. The molecule has 0 rings (SSSR count). The van der Waals surface area contributed by atoms with E-state index in [0.717, 1.165) is 0 Å². The van der Waals surface area contributed by atoms with E-state index in [4.69, 9.17) is 16.3 Å². The number of hydrogen-bond acceptors (Lipinski definition) is 3. The molecule has 0 spiro atoms. The minimum absolute atomic E-state index is 0.399. The van der Waals surface area contributed by atoms with Gasteiger partial charge in [-0.2, -0.15) is 8.42 Å². The Morgan fingerprint density at radius 2 is 2.00 bits per heavy atom. The standard InChI is InChI=1S/C4H10ClNO3S/c1-4(2,6-5)3-10(7,8)9/h6H,3H2,1-2H3,(H,7,8,9). The molecule has 4 nitrogen and oxygen atoms in total. The predicted octanol–water partition coefficient (Wildman–Crippen LogP) is 0.396. The third-order valence-electron chi connectivity index (χ3n) is 0.799. The molecule has 62 valence electrons. The van der Waals surface area contributed by atoms with Crippen LogP contribution in [0, 0.1) is 0 Å². The van der Waals surface area contributed by atoms with Crippen molar-refractivity contribution in [3.8, 4) is 0 Å². The molecule has 0 saturated heterocycles. The second-order valence-electron chi connectivity index (χ2n) is 2.70.